The standard InChI is InChI=1S/C16H10BrNO3S/c1-18-13(11-3-2-6-22-11)12-14(19)9-7-8(17)4-5-10(9)21-15(12)16(18)20/h2-7,13H,1H3/t13-/m0/s1. The van der Waals surface area contributed by atoms with Gasteiger partial charge in [-0.2, -0.15) is 0 Å². The molecule has 0 saturated carbocycles. The second kappa shape index (κ2) is 4.79. The van der Waals surface area contributed by atoms with Crippen molar-refractivity contribution in [2.75, 3.05) is 7.05 Å². The molecule has 1 atom stereocenters. The number of carbonyl (C=O) groups is 1. The van der Waals surface area contributed by atoms with Gasteiger partial charge in [0.25, 0.3) is 5.91 Å². The maximum atomic E-state index is 12.9. The number of carbonyl (C=O) groups excluding carboxylic acids is 1. The molecule has 0 fully saturated rings. The lowest BCUT2D eigenvalue weighted by atomic mass is 10.0. The SMILES string of the molecule is CN1C(=O)c2oc3ccc(Br)cc3c(=O)c2[C@@H]1c1cccs1. The van der Waals surface area contributed by atoms with E-state index < -0.39 is 0 Å². The fraction of sp³-hybridized carbons (Fsp3) is 0.125. The molecule has 0 radical (unpaired) electrons. The predicted octanol–water partition coefficient (Wildman–Crippen LogP) is 3.79. The van der Waals surface area contributed by atoms with Gasteiger partial charge in [-0.05, 0) is 29.6 Å². The minimum absolute atomic E-state index is 0.145. The summed E-state index contributed by atoms with van der Waals surface area (Å²) in [6.45, 7) is 0. The fourth-order valence-electron chi connectivity index (χ4n) is 2.84. The highest BCUT2D eigenvalue weighted by Crippen LogP contribution is 2.38. The molecule has 22 heavy (non-hydrogen) atoms. The van der Waals surface area contributed by atoms with E-state index in [0.717, 1.165) is 9.35 Å². The Morgan fingerprint density at radius 3 is 2.82 bits per heavy atom. The Labute approximate surface area is 138 Å². The molecule has 4 nitrogen and oxygen atoms in total. The number of hydrogen-bond acceptors (Lipinski definition) is 4. The molecule has 3 aromatic rings. The first-order chi connectivity index (χ1) is 10.6. The van der Waals surface area contributed by atoms with Gasteiger partial charge in [0, 0.05) is 16.4 Å². The summed E-state index contributed by atoms with van der Waals surface area (Å²) < 4.78 is 6.55. The fourth-order valence-corrected chi connectivity index (χ4v) is 4.08. The van der Waals surface area contributed by atoms with Crippen molar-refractivity contribution in [3.8, 4) is 0 Å². The summed E-state index contributed by atoms with van der Waals surface area (Å²) in [5.41, 5.74) is 0.717. The third-order valence-electron chi connectivity index (χ3n) is 3.88. The second-order valence-corrected chi connectivity index (χ2v) is 7.04. The summed E-state index contributed by atoms with van der Waals surface area (Å²) in [4.78, 5) is 27.9. The van der Waals surface area contributed by atoms with Crippen molar-refractivity contribution in [1.82, 2.24) is 4.90 Å². The van der Waals surface area contributed by atoms with Gasteiger partial charge < -0.3 is 9.32 Å². The van der Waals surface area contributed by atoms with Gasteiger partial charge in [0.05, 0.1) is 17.0 Å². The molecule has 110 valence electrons. The molecule has 0 saturated heterocycles. The number of nitrogens with zero attached hydrogens (tertiary/aromatic N) is 1. The molecule has 3 heterocycles. The van der Waals surface area contributed by atoms with Crippen LogP contribution < -0.4 is 5.43 Å². The number of thiophene rings is 1. The normalized spacial score (nSPS) is 17.3. The van der Waals surface area contributed by atoms with Crippen molar-refractivity contribution in [2.45, 2.75) is 6.04 Å². The van der Waals surface area contributed by atoms with Gasteiger partial charge in [-0.15, -0.1) is 11.3 Å². The molecule has 1 aliphatic rings. The Morgan fingerprint density at radius 1 is 1.27 bits per heavy atom. The Morgan fingerprint density at radius 2 is 2.09 bits per heavy atom. The van der Waals surface area contributed by atoms with Gasteiger partial charge in [0.2, 0.25) is 5.76 Å². The van der Waals surface area contributed by atoms with Crippen LogP contribution in [0.1, 0.15) is 27.0 Å². The van der Waals surface area contributed by atoms with Crippen molar-refractivity contribution >= 4 is 44.1 Å². The van der Waals surface area contributed by atoms with E-state index in [1.807, 2.05) is 17.5 Å². The van der Waals surface area contributed by atoms with Crippen molar-refractivity contribution in [3.05, 3.63) is 66.6 Å². The number of rotatable bonds is 1. The van der Waals surface area contributed by atoms with E-state index in [1.54, 1.807) is 30.1 Å². The molecular formula is C16H10BrNO3S. The van der Waals surface area contributed by atoms with Crippen molar-refractivity contribution in [2.24, 2.45) is 0 Å². The number of fused-ring (bicyclic) bond motifs is 2. The summed E-state index contributed by atoms with van der Waals surface area (Å²) in [5, 5.41) is 2.42. The van der Waals surface area contributed by atoms with Gasteiger partial charge in [-0.25, -0.2) is 0 Å². The van der Waals surface area contributed by atoms with Crippen LogP contribution in [0.5, 0.6) is 0 Å². The van der Waals surface area contributed by atoms with Crippen LogP contribution in [-0.2, 0) is 0 Å². The molecular weight excluding hydrogens is 366 g/mol. The average Bonchev–Trinajstić information content (AvgIpc) is 3.10. The monoisotopic (exact) mass is 375 g/mol. The van der Waals surface area contributed by atoms with E-state index >= 15 is 0 Å². The molecule has 6 heteroatoms. The number of amides is 1. The number of hydrogen-bond donors (Lipinski definition) is 0. The first-order valence-corrected chi connectivity index (χ1v) is 8.32. The first kappa shape index (κ1) is 13.7. The van der Waals surface area contributed by atoms with Gasteiger partial charge in [0.1, 0.15) is 5.58 Å². The average molecular weight is 376 g/mol. The summed E-state index contributed by atoms with van der Waals surface area (Å²) in [5.74, 6) is -0.101. The van der Waals surface area contributed by atoms with E-state index in [4.69, 9.17) is 4.42 Å². The number of halogens is 1. The van der Waals surface area contributed by atoms with Gasteiger partial charge in [-0.1, -0.05) is 22.0 Å². The Balaban J connectivity index is 2.08. The van der Waals surface area contributed by atoms with E-state index in [1.165, 1.54) is 11.3 Å². The van der Waals surface area contributed by atoms with Crippen LogP contribution in [0.3, 0.4) is 0 Å². The molecule has 0 spiro atoms. The van der Waals surface area contributed by atoms with Crippen molar-refractivity contribution in [3.63, 3.8) is 0 Å². The third-order valence-corrected chi connectivity index (χ3v) is 5.29. The molecule has 0 aliphatic carbocycles. The molecule has 1 aliphatic heterocycles. The second-order valence-electron chi connectivity index (χ2n) is 5.15. The van der Waals surface area contributed by atoms with E-state index in [-0.39, 0.29) is 23.1 Å². The van der Waals surface area contributed by atoms with Gasteiger partial charge >= 0.3 is 0 Å². The van der Waals surface area contributed by atoms with E-state index in [2.05, 4.69) is 15.9 Å². The molecule has 0 N–H and O–H groups in total. The molecule has 1 aromatic carbocycles. The predicted molar refractivity (Wildman–Crippen MR) is 88.4 cm³/mol. The lowest BCUT2D eigenvalue weighted by Crippen LogP contribution is -2.24. The summed E-state index contributed by atoms with van der Waals surface area (Å²) in [6.07, 6.45) is 0. The summed E-state index contributed by atoms with van der Waals surface area (Å²) in [6, 6.07) is 8.69. The highest BCUT2D eigenvalue weighted by atomic mass is 79.9. The minimum atomic E-state index is -0.373. The Hall–Kier alpha value is -1.92. The van der Waals surface area contributed by atoms with Crippen LogP contribution in [0, 0.1) is 0 Å². The van der Waals surface area contributed by atoms with Crippen LogP contribution in [-0.4, -0.2) is 17.9 Å². The topological polar surface area (TPSA) is 50.5 Å². The summed E-state index contributed by atoms with van der Waals surface area (Å²) in [7, 11) is 1.70. The first-order valence-electron chi connectivity index (χ1n) is 6.65. The summed E-state index contributed by atoms with van der Waals surface area (Å²) >= 11 is 4.89. The van der Waals surface area contributed by atoms with Crippen LogP contribution >= 0.6 is 27.3 Å². The van der Waals surface area contributed by atoms with Crippen LogP contribution in [0.2, 0.25) is 0 Å². The molecule has 4 rings (SSSR count). The Bertz CT molecular complexity index is 961. The van der Waals surface area contributed by atoms with Gasteiger partial charge in [0.15, 0.2) is 5.43 Å². The lowest BCUT2D eigenvalue weighted by Gasteiger charge is -2.18. The zero-order chi connectivity index (χ0) is 15.4. The smallest absolute Gasteiger partial charge is 0.290 e. The maximum absolute atomic E-state index is 12.9. The largest absolute Gasteiger partial charge is 0.450 e. The highest BCUT2D eigenvalue weighted by Gasteiger charge is 2.41. The Kier molecular flexibility index (Phi) is 2.99. The zero-order valence-electron chi connectivity index (χ0n) is 11.5. The zero-order valence-corrected chi connectivity index (χ0v) is 13.9. The quantitative estimate of drug-likeness (QED) is 0.649. The maximum Gasteiger partial charge on any atom is 0.290 e. The third kappa shape index (κ3) is 1.80. The van der Waals surface area contributed by atoms with E-state index in [0.29, 0.717) is 16.5 Å². The lowest BCUT2D eigenvalue weighted by molar-refractivity contribution is 0.0773. The van der Waals surface area contributed by atoms with Crippen molar-refractivity contribution < 1.29 is 9.21 Å². The minimum Gasteiger partial charge on any atom is -0.450 e. The van der Waals surface area contributed by atoms with Crippen LogP contribution in [0.15, 0.2) is 49.4 Å². The van der Waals surface area contributed by atoms with E-state index in [9.17, 15) is 9.59 Å². The van der Waals surface area contributed by atoms with Crippen LogP contribution in [0.25, 0.3) is 11.0 Å². The van der Waals surface area contributed by atoms with Gasteiger partial charge in [-0.3, -0.25) is 9.59 Å². The van der Waals surface area contributed by atoms with Crippen LogP contribution in [0.4, 0.5) is 0 Å². The number of benzene rings is 1. The molecule has 2 aromatic heterocycles. The molecule has 1 amide bonds. The van der Waals surface area contributed by atoms with Crippen molar-refractivity contribution in [1.29, 1.82) is 0 Å². The molecule has 0 unspecified atom stereocenters. The highest BCUT2D eigenvalue weighted by molar-refractivity contribution is 9.10. The molecule has 0 bridgehead atoms.